The maximum atomic E-state index is 13.7. The summed E-state index contributed by atoms with van der Waals surface area (Å²) < 4.78 is 28.7. The minimum Gasteiger partial charge on any atom is -0.316 e. The number of hydrogen-bond donors (Lipinski definition) is 1. The molecule has 1 aromatic carbocycles. The van der Waals surface area contributed by atoms with Gasteiger partial charge < -0.3 is 5.32 Å². The Labute approximate surface area is 116 Å². The second kappa shape index (κ2) is 6.56. The van der Waals surface area contributed by atoms with E-state index in [1.165, 1.54) is 12.4 Å². The van der Waals surface area contributed by atoms with Gasteiger partial charge in [0.05, 0.1) is 0 Å². The van der Waals surface area contributed by atoms with Crippen molar-refractivity contribution in [1.82, 2.24) is 20.1 Å². The van der Waals surface area contributed by atoms with Crippen LogP contribution in [0.4, 0.5) is 8.78 Å². The van der Waals surface area contributed by atoms with Crippen LogP contribution in [0.15, 0.2) is 24.5 Å². The zero-order valence-electron chi connectivity index (χ0n) is 11.6. The van der Waals surface area contributed by atoms with Gasteiger partial charge in [0.2, 0.25) is 0 Å². The molecule has 0 spiro atoms. The summed E-state index contributed by atoms with van der Waals surface area (Å²) in [4.78, 5) is 4.20. The lowest BCUT2D eigenvalue weighted by Gasteiger charge is -2.16. The van der Waals surface area contributed by atoms with Gasteiger partial charge >= 0.3 is 0 Å². The Kier molecular flexibility index (Phi) is 4.79. The fourth-order valence-corrected chi connectivity index (χ4v) is 2.18. The highest BCUT2D eigenvalue weighted by Crippen LogP contribution is 2.14. The average molecular weight is 280 g/mol. The lowest BCUT2D eigenvalue weighted by molar-refractivity contribution is 0.473. The number of nitrogens with one attached hydrogen (secondary N) is 1. The number of aryl methyl sites for hydroxylation is 1. The Morgan fingerprint density at radius 1 is 1.30 bits per heavy atom. The normalized spacial score (nSPS) is 12.6. The molecule has 2 rings (SSSR count). The van der Waals surface area contributed by atoms with Crippen molar-refractivity contribution in [3.8, 4) is 0 Å². The van der Waals surface area contributed by atoms with E-state index < -0.39 is 11.6 Å². The van der Waals surface area contributed by atoms with Gasteiger partial charge in [-0.1, -0.05) is 12.1 Å². The summed E-state index contributed by atoms with van der Waals surface area (Å²) in [6, 6.07) is 4.23. The van der Waals surface area contributed by atoms with Crippen LogP contribution in [-0.4, -0.2) is 27.9 Å². The summed E-state index contributed by atoms with van der Waals surface area (Å²) in [6.45, 7) is 2.72. The SMILES string of the molecule is CCn1ncnc1CC(Cc1cccc(F)c1F)NC. The van der Waals surface area contributed by atoms with Gasteiger partial charge in [-0.05, 0) is 32.0 Å². The molecular formula is C14H18F2N4. The molecule has 0 saturated carbocycles. The number of rotatable bonds is 6. The largest absolute Gasteiger partial charge is 0.316 e. The maximum absolute atomic E-state index is 13.7. The maximum Gasteiger partial charge on any atom is 0.162 e. The van der Waals surface area contributed by atoms with E-state index in [1.807, 2.05) is 6.92 Å². The molecule has 1 heterocycles. The zero-order valence-corrected chi connectivity index (χ0v) is 11.6. The molecule has 2 aromatic rings. The van der Waals surface area contributed by atoms with Gasteiger partial charge in [-0.3, -0.25) is 4.68 Å². The Hall–Kier alpha value is -1.82. The molecule has 0 aliphatic carbocycles. The third-order valence-electron chi connectivity index (χ3n) is 3.33. The molecule has 0 fully saturated rings. The van der Waals surface area contributed by atoms with Gasteiger partial charge in [-0.2, -0.15) is 5.10 Å². The number of nitrogens with zero attached hydrogens (tertiary/aromatic N) is 3. The molecule has 4 nitrogen and oxygen atoms in total. The predicted octanol–water partition coefficient (Wildman–Crippen LogP) is 1.95. The van der Waals surface area contributed by atoms with E-state index in [1.54, 1.807) is 17.8 Å². The fourth-order valence-electron chi connectivity index (χ4n) is 2.18. The van der Waals surface area contributed by atoms with Crippen molar-refractivity contribution in [3.05, 3.63) is 47.5 Å². The van der Waals surface area contributed by atoms with Gasteiger partial charge in [-0.25, -0.2) is 13.8 Å². The number of likely N-dealkylation sites (N-methyl/N-ethyl adjacent to an activating group) is 1. The molecule has 1 unspecified atom stereocenters. The molecule has 1 N–H and O–H groups in total. The van der Waals surface area contributed by atoms with Crippen molar-refractivity contribution in [2.45, 2.75) is 32.4 Å². The Morgan fingerprint density at radius 2 is 2.10 bits per heavy atom. The molecule has 0 aliphatic heterocycles. The van der Waals surface area contributed by atoms with Crippen molar-refractivity contribution in [1.29, 1.82) is 0 Å². The molecule has 20 heavy (non-hydrogen) atoms. The van der Waals surface area contributed by atoms with E-state index in [-0.39, 0.29) is 6.04 Å². The predicted molar refractivity (Wildman–Crippen MR) is 72.3 cm³/mol. The summed E-state index contributed by atoms with van der Waals surface area (Å²) >= 11 is 0. The van der Waals surface area contributed by atoms with Gasteiger partial charge in [0.15, 0.2) is 11.6 Å². The van der Waals surface area contributed by atoms with Crippen molar-refractivity contribution in [2.24, 2.45) is 0 Å². The monoisotopic (exact) mass is 280 g/mol. The number of aromatic nitrogens is 3. The van der Waals surface area contributed by atoms with Gasteiger partial charge in [0.25, 0.3) is 0 Å². The van der Waals surface area contributed by atoms with Crippen molar-refractivity contribution < 1.29 is 8.78 Å². The van der Waals surface area contributed by atoms with Crippen LogP contribution in [0.2, 0.25) is 0 Å². The Morgan fingerprint density at radius 3 is 2.80 bits per heavy atom. The fraction of sp³-hybridized carbons (Fsp3) is 0.429. The summed E-state index contributed by atoms with van der Waals surface area (Å²) in [5, 5.41) is 7.22. The van der Waals surface area contributed by atoms with Crippen LogP contribution in [-0.2, 0) is 19.4 Å². The smallest absolute Gasteiger partial charge is 0.162 e. The van der Waals surface area contributed by atoms with Gasteiger partial charge in [-0.15, -0.1) is 0 Å². The summed E-state index contributed by atoms with van der Waals surface area (Å²) in [6.07, 6.45) is 2.52. The second-order valence-electron chi connectivity index (χ2n) is 4.60. The molecule has 0 radical (unpaired) electrons. The summed E-state index contributed by atoms with van der Waals surface area (Å²) in [5.41, 5.74) is 0.368. The zero-order chi connectivity index (χ0) is 14.5. The highest BCUT2D eigenvalue weighted by Gasteiger charge is 2.16. The third-order valence-corrected chi connectivity index (χ3v) is 3.33. The van der Waals surface area contributed by atoms with Crippen molar-refractivity contribution in [3.63, 3.8) is 0 Å². The van der Waals surface area contributed by atoms with Crippen LogP contribution >= 0.6 is 0 Å². The van der Waals surface area contributed by atoms with Crippen LogP contribution in [0.5, 0.6) is 0 Å². The average Bonchev–Trinajstić information content (AvgIpc) is 2.90. The van der Waals surface area contributed by atoms with Crippen LogP contribution in [0.3, 0.4) is 0 Å². The molecule has 0 bridgehead atoms. The molecular weight excluding hydrogens is 262 g/mol. The van der Waals surface area contributed by atoms with E-state index in [2.05, 4.69) is 15.4 Å². The lowest BCUT2D eigenvalue weighted by atomic mass is 10.0. The molecule has 0 saturated heterocycles. The first-order chi connectivity index (χ1) is 9.65. The van der Waals surface area contributed by atoms with Crippen molar-refractivity contribution in [2.75, 3.05) is 7.05 Å². The van der Waals surface area contributed by atoms with E-state index in [4.69, 9.17) is 0 Å². The molecule has 6 heteroatoms. The molecule has 1 aromatic heterocycles. The minimum atomic E-state index is -0.811. The van der Waals surface area contributed by atoms with Crippen LogP contribution in [0, 0.1) is 11.6 Å². The second-order valence-corrected chi connectivity index (χ2v) is 4.60. The molecule has 108 valence electrons. The standard InChI is InChI=1S/C14H18F2N4/c1-3-20-13(18-9-19-20)8-11(17-2)7-10-5-4-6-12(15)14(10)16/h4-6,9,11,17H,3,7-8H2,1-2H3. The van der Waals surface area contributed by atoms with Gasteiger partial charge in [0, 0.05) is 19.0 Å². The quantitative estimate of drug-likeness (QED) is 0.879. The minimum absolute atomic E-state index is 0.0270. The van der Waals surface area contributed by atoms with Crippen LogP contribution in [0.1, 0.15) is 18.3 Å². The topological polar surface area (TPSA) is 42.7 Å². The Balaban J connectivity index is 2.11. The summed E-state index contributed by atoms with van der Waals surface area (Å²) in [5.74, 6) is -0.748. The van der Waals surface area contributed by atoms with E-state index in [9.17, 15) is 8.78 Å². The number of hydrogen-bond acceptors (Lipinski definition) is 3. The van der Waals surface area contributed by atoms with Crippen LogP contribution < -0.4 is 5.32 Å². The summed E-state index contributed by atoms with van der Waals surface area (Å²) in [7, 11) is 1.80. The number of halogens is 2. The van der Waals surface area contributed by atoms with E-state index in [0.29, 0.717) is 18.4 Å². The van der Waals surface area contributed by atoms with Crippen molar-refractivity contribution >= 4 is 0 Å². The lowest BCUT2D eigenvalue weighted by Crippen LogP contribution is -2.31. The third kappa shape index (κ3) is 3.19. The number of benzene rings is 1. The molecule has 1 atom stereocenters. The highest BCUT2D eigenvalue weighted by atomic mass is 19.2. The first-order valence-corrected chi connectivity index (χ1v) is 6.62. The highest BCUT2D eigenvalue weighted by molar-refractivity contribution is 5.20. The molecule has 0 amide bonds. The first-order valence-electron chi connectivity index (χ1n) is 6.62. The van der Waals surface area contributed by atoms with Crippen LogP contribution in [0.25, 0.3) is 0 Å². The first kappa shape index (κ1) is 14.6. The van der Waals surface area contributed by atoms with Gasteiger partial charge in [0.1, 0.15) is 12.2 Å². The van der Waals surface area contributed by atoms with E-state index in [0.717, 1.165) is 18.4 Å². The Bertz CT molecular complexity index is 568. The van der Waals surface area contributed by atoms with E-state index >= 15 is 0 Å². The molecule has 0 aliphatic rings.